The van der Waals surface area contributed by atoms with Gasteiger partial charge in [0.2, 0.25) is 0 Å². The van der Waals surface area contributed by atoms with Crippen LogP contribution in [0.15, 0.2) is 59.5 Å². The van der Waals surface area contributed by atoms with E-state index >= 15 is 0 Å². The standard InChI is InChI=1S/C28H29F6NO4S/c1-40(37,38)26-17-22(16-25(30)23(26)11-14-36)39-15-3-12-35(13-10-19-6-8-21(29)9-7-19)18-20-4-2-5-24(27(20)31)28(32,33)34/h2,4-9,16-17,36H,3,10-15,18H2,1H3. The van der Waals surface area contributed by atoms with Crippen LogP contribution in [-0.4, -0.2) is 51.0 Å². The fourth-order valence-electron chi connectivity index (χ4n) is 4.20. The highest BCUT2D eigenvalue weighted by atomic mass is 32.2. The van der Waals surface area contributed by atoms with Gasteiger partial charge in [0.05, 0.1) is 17.1 Å². The Bertz CT molecular complexity index is 1400. The van der Waals surface area contributed by atoms with Crippen molar-refractivity contribution in [3.05, 3.63) is 94.3 Å². The molecule has 0 bridgehead atoms. The molecule has 3 aromatic carbocycles. The van der Waals surface area contributed by atoms with Gasteiger partial charge < -0.3 is 9.84 Å². The summed E-state index contributed by atoms with van der Waals surface area (Å²) in [6.07, 6.45) is -3.42. The first kappa shape index (κ1) is 31.4. The maximum absolute atomic E-state index is 14.7. The molecule has 0 unspecified atom stereocenters. The Kier molecular flexibility index (Phi) is 10.6. The minimum Gasteiger partial charge on any atom is -0.493 e. The van der Waals surface area contributed by atoms with Crippen LogP contribution in [0.5, 0.6) is 5.75 Å². The lowest BCUT2D eigenvalue weighted by molar-refractivity contribution is -0.140. The predicted molar refractivity (Wildman–Crippen MR) is 137 cm³/mol. The van der Waals surface area contributed by atoms with Gasteiger partial charge in [-0.1, -0.05) is 24.3 Å². The van der Waals surface area contributed by atoms with E-state index in [0.29, 0.717) is 19.0 Å². The van der Waals surface area contributed by atoms with E-state index < -0.39 is 45.6 Å². The van der Waals surface area contributed by atoms with Crippen molar-refractivity contribution in [1.82, 2.24) is 4.90 Å². The number of nitrogens with zero attached hydrogens (tertiary/aromatic N) is 1. The highest BCUT2D eigenvalue weighted by molar-refractivity contribution is 7.90. The average molecular weight is 590 g/mol. The molecule has 40 heavy (non-hydrogen) atoms. The van der Waals surface area contributed by atoms with Gasteiger partial charge in [0.15, 0.2) is 9.84 Å². The smallest absolute Gasteiger partial charge is 0.419 e. The van der Waals surface area contributed by atoms with Crippen LogP contribution in [-0.2, 0) is 35.4 Å². The number of alkyl halides is 3. The maximum Gasteiger partial charge on any atom is 0.419 e. The molecule has 0 amide bonds. The van der Waals surface area contributed by atoms with E-state index in [-0.39, 0.29) is 54.3 Å². The van der Waals surface area contributed by atoms with Crippen LogP contribution in [0.1, 0.15) is 28.7 Å². The van der Waals surface area contributed by atoms with Gasteiger partial charge in [0.25, 0.3) is 0 Å². The topological polar surface area (TPSA) is 66.8 Å². The minimum absolute atomic E-state index is 0.000109. The Morgan fingerprint density at radius 3 is 2.27 bits per heavy atom. The fourth-order valence-corrected chi connectivity index (χ4v) is 5.18. The number of halogens is 6. The summed E-state index contributed by atoms with van der Waals surface area (Å²) in [5, 5.41) is 9.14. The summed E-state index contributed by atoms with van der Waals surface area (Å²) in [4.78, 5) is 1.43. The lowest BCUT2D eigenvalue weighted by Gasteiger charge is -2.23. The molecule has 0 heterocycles. The van der Waals surface area contributed by atoms with E-state index in [1.807, 2.05) is 0 Å². The number of benzene rings is 3. The van der Waals surface area contributed by atoms with E-state index in [0.717, 1.165) is 24.0 Å². The molecular weight excluding hydrogens is 560 g/mol. The number of aliphatic hydroxyl groups excluding tert-OH is 1. The molecule has 0 saturated heterocycles. The summed E-state index contributed by atoms with van der Waals surface area (Å²) in [7, 11) is -3.81. The Morgan fingerprint density at radius 1 is 0.950 bits per heavy atom. The van der Waals surface area contributed by atoms with E-state index in [1.165, 1.54) is 24.3 Å². The number of hydrogen-bond donors (Lipinski definition) is 1. The van der Waals surface area contributed by atoms with Crippen molar-refractivity contribution < 1.29 is 44.6 Å². The first-order valence-electron chi connectivity index (χ1n) is 12.4. The second-order valence-electron chi connectivity index (χ2n) is 9.26. The highest BCUT2D eigenvalue weighted by Gasteiger charge is 2.35. The molecule has 0 radical (unpaired) electrons. The van der Waals surface area contributed by atoms with Gasteiger partial charge in [-0.05, 0) is 49.1 Å². The molecule has 0 spiro atoms. The van der Waals surface area contributed by atoms with Gasteiger partial charge in [-0.2, -0.15) is 13.2 Å². The Labute approximate surface area is 228 Å². The molecule has 218 valence electrons. The summed E-state index contributed by atoms with van der Waals surface area (Å²) < 4.78 is 112. The summed E-state index contributed by atoms with van der Waals surface area (Å²) in [6, 6.07) is 11.0. The normalized spacial score (nSPS) is 12.2. The minimum atomic E-state index is -4.85. The second kappa shape index (κ2) is 13.5. The van der Waals surface area contributed by atoms with Gasteiger partial charge in [0, 0.05) is 49.7 Å². The molecule has 0 atom stereocenters. The van der Waals surface area contributed by atoms with Gasteiger partial charge in [-0.25, -0.2) is 21.6 Å². The number of ether oxygens (including phenoxy) is 1. The number of rotatable bonds is 13. The summed E-state index contributed by atoms with van der Waals surface area (Å²) >= 11 is 0. The third kappa shape index (κ3) is 8.70. The van der Waals surface area contributed by atoms with Crippen molar-refractivity contribution in [2.75, 3.05) is 32.6 Å². The van der Waals surface area contributed by atoms with Crippen molar-refractivity contribution in [3.63, 3.8) is 0 Å². The van der Waals surface area contributed by atoms with Crippen LogP contribution in [0, 0.1) is 17.5 Å². The van der Waals surface area contributed by atoms with Crippen molar-refractivity contribution in [1.29, 1.82) is 0 Å². The number of hydrogen-bond acceptors (Lipinski definition) is 5. The van der Waals surface area contributed by atoms with Gasteiger partial charge in [-0.15, -0.1) is 0 Å². The zero-order valence-corrected chi connectivity index (χ0v) is 22.5. The maximum atomic E-state index is 14.7. The van der Waals surface area contributed by atoms with Crippen molar-refractivity contribution in [2.45, 2.75) is 36.9 Å². The molecule has 3 aromatic rings. The number of aliphatic hydroxyl groups is 1. The van der Waals surface area contributed by atoms with Crippen molar-refractivity contribution >= 4 is 9.84 Å². The van der Waals surface area contributed by atoms with E-state index in [2.05, 4.69) is 0 Å². The molecular formula is C28H29F6NO4S. The van der Waals surface area contributed by atoms with Crippen LogP contribution in [0.3, 0.4) is 0 Å². The number of sulfone groups is 1. The third-order valence-corrected chi connectivity index (χ3v) is 7.35. The zero-order valence-electron chi connectivity index (χ0n) is 21.6. The Balaban J connectivity index is 1.72. The largest absolute Gasteiger partial charge is 0.493 e. The van der Waals surface area contributed by atoms with Crippen LogP contribution < -0.4 is 4.74 Å². The third-order valence-electron chi connectivity index (χ3n) is 6.18. The van der Waals surface area contributed by atoms with E-state index in [4.69, 9.17) is 9.84 Å². The fraction of sp³-hybridized carbons (Fsp3) is 0.357. The van der Waals surface area contributed by atoms with Crippen molar-refractivity contribution in [2.24, 2.45) is 0 Å². The van der Waals surface area contributed by atoms with Crippen LogP contribution in [0.2, 0.25) is 0 Å². The van der Waals surface area contributed by atoms with Gasteiger partial charge in [-0.3, -0.25) is 4.90 Å². The van der Waals surface area contributed by atoms with Crippen molar-refractivity contribution in [3.8, 4) is 5.75 Å². The molecule has 0 aliphatic rings. The first-order valence-corrected chi connectivity index (χ1v) is 14.3. The molecule has 0 aromatic heterocycles. The molecule has 0 fully saturated rings. The highest BCUT2D eigenvalue weighted by Crippen LogP contribution is 2.33. The van der Waals surface area contributed by atoms with Crippen LogP contribution >= 0.6 is 0 Å². The lowest BCUT2D eigenvalue weighted by atomic mass is 10.1. The van der Waals surface area contributed by atoms with Crippen LogP contribution in [0.25, 0.3) is 0 Å². The zero-order chi connectivity index (χ0) is 29.5. The Morgan fingerprint density at radius 2 is 1.65 bits per heavy atom. The molecule has 0 aliphatic heterocycles. The SMILES string of the molecule is CS(=O)(=O)c1cc(OCCCN(CCc2ccc(F)cc2)Cc2cccc(C(F)(F)F)c2F)cc(F)c1CCO. The second-order valence-corrected chi connectivity index (χ2v) is 11.2. The molecule has 1 N–H and O–H groups in total. The van der Waals surface area contributed by atoms with Gasteiger partial charge in [0.1, 0.15) is 23.2 Å². The lowest BCUT2D eigenvalue weighted by Crippen LogP contribution is -2.28. The molecule has 0 aliphatic carbocycles. The van der Waals surface area contributed by atoms with E-state index in [9.17, 15) is 34.8 Å². The van der Waals surface area contributed by atoms with Crippen LogP contribution in [0.4, 0.5) is 26.3 Å². The summed E-state index contributed by atoms with van der Waals surface area (Å²) in [5.74, 6) is -2.65. The molecule has 5 nitrogen and oxygen atoms in total. The molecule has 12 heteroatoms. The summed E-state index contributed by atoms with van der Waals surface area (Å²) in [6.45, 7) is -0.0233. The predicted octanol–water partition coefficient (Wildman–Crippen LogP) is 5.57. The van der Waals surface area contributed by atoms with Gasteiger partial charge >= 0.3 is 6.18 Å². The molecule has 3 rings (SSSR count). The Hall–Kier alpha value is -3.09. The van der Waals surface area contributed by atoms with E-state index in [1.54, 1.807) is 17.0 Å². The average Bonchev–Trinajstić information content (AvgIpc) is 2.87. The first-order chi connectivity index (χ1) is 18.8. The monoisotopic (exact) mass is 589 g/mol. The summed E-state index contributed by atoms with van der Waals surface area (Å²) in [5.41, 5.74) is -0.874. The quantitative estimate of drug-likeness (QED) is 0.209. The molecule has 0 saturated carbocycles.